The Morgan fingerprint density at radius 3 is 2.75 bits per heavy atom. The van der Waals surface area contributed by atoms with Crippen molar-refractivity contribution >= 4 is 11.9 Å². The summed E-state index contributed by atoms with van der Waals surface area (Å²) in [4.78, 5) is 27.4. The highest BCUT2D eigenvalue weighted by Crippen LogP contribution is 2.17. The zero-order valence-electron chi connectivity index (χ0n) is 13.0. The molecule has 116 valence electrons. The lowest BCUT2D eigenvalue weighted by Crippen LogP contribution is -2.49. The van der Waals surface area contributed by atoms with E-state index < -0.39 is 12.0 Å². The van der Waals surface area contributed by atoms with Crippen molar-refractivity contribution in [3.63, 3.8) is 0 Å². The number of hydrogen-bond acceptors (Lipinski definition) is 5. The van der Waals surface area contributed by atoms with E-state index in [0.29, 0.717) is 12.6 Å². The molecular formula is C14H27N3O3. The molecule has 6 nitrogen and oxygen atoms in total. The van der Waals surface area contributed by atoms with E-state index in [1.165, 1.54) is 26.9 Å². The topological polar surface area (TPSA) is 61.9 Å². The standard InChI is InChI=1S/C14H27N3O3/c1-5-17-8-6-7-12(17)9-16(3)10-13(14(19)20-4)15-11(2)18/h12-13H,5-10H2,1-4H3,(H,15,18). The van der Waals surface area contributed by atoms with Crippen molar-refractivity contribution < 1.29 is 14.3 Å². The van der Waals surface area contributed by atoms with E-state index in [4.69, 9.17) is 4.74 Å². The van der Waals surface area contributed by atoms with E-state index in [1.54, 1.807) is 0 Å². The van der Waals surface area contributed by atoms with Crippen molar-refractivity contribution in [2.24, 2.45) is 0 Å². The first-order valence-corrected chi connectivity index (χ1v) is 7.25. The first-order valence-electron chi connectivity index (χ1n) is 7.25. The van der Waals surface area contributed by atoms with Crippen molar-refractivity contribution in [1.82, 2.24) is 15.1 Å². The third-order valence-electron chi connectivity index (χ3n) is 3.79. The van der Waals surface area contributed by atoms with Crippen LogP contribution in [0.15, 0.2) is 0 Å². The molecule has 1 fully saturated rings. The molecule has 6 heteroatoms. The van der Waals surface area contributed by atoms with Crippen LogP contribution >= 0.6 is 0 Å². The van der Waals surface area contributed by atoms with Crippen LogP contribution in [0.5, 0.6) is 0 Å². The van der Waals surface area contributed by atoms with Gasteiger partial charge in [0, 0.05) is 26.1 Å². The molecule has 1 heterocycles. The molecule has 1 N–H and O–H groups in total. The molecular weight excluding hydrogens is 258 g/mol. The Bertz CT molecular complexity index is 336. The molecule has 2 unspecified atom stereocenters. The quantitative estimate of drug-likeness (QED) is 0.671. The maximum absolute atomic E-state index is 11.7. The van der Waals surface area contributed by atoms with E-state index in [2.05, 4.69) is 22.0 Å². The lowest BCUT2D eigenvalue weighted by molar-refractivity contribution is -0.145. The number of hydrogen-bond donors (Lipinski definition) is 1. The van der Waals surface area contributed by atoms with E-state index >= 15 is 0 Å². The molecule has 0 spiro atoms. The summed E-state index contributed by atoms with van der Waals surface area (Å²) in [5, 5.41) is 2.64. The second-order valence-corrected chi connectivity index (χ2v) is 5.42. The van der Waals surface area contributed by atoms with Gasteiger partial charge >= 0.3 is 5.97 Å². The molecule has 1 rings (SSSR count). The Labute approximate surface area is 121 Å². The van der Waals surface area contributed by atoms with Gasteiger partial charge in [0.1, 0.15) is 6.04 Å². The third-order valence-corrected chi connectivity index (χ3v) is 3.79. The molecule has 0 saturated carbocycles. The van der Waals surface area contributed by atoms with Gasteiger partial charge in [-0.3, -0.25) is 9.69 Å². The van der Waals surface area contributed by atoms with Crippen LogP contribution in [0.1, 0.15) is 26.7 Å². The van der Waals surface area contributed by atoms with Crippen LogP contribution in [0, 0.1) is 0 Å². The average Bonchev–Trinajstić information content (AvgIpc) is 2.83. The monoisotopic (exact) mass is 285 g/mol. The van der Waals surface area contributed by atoms with Crippen molar-refractivity contribution in [1.29, 1.82) is 0 Å². The van der Waals surface area contributed by atoms with E-state index in [9.17, 15) is 9.59 Å². The highest BCUT2D eigenvalue weighted by molar-refractivity contribution is 5.83. The SMILES string of the molecule is CCN1CCCC1CN(C)CC(NC(C)=O)C(=O)OC. The number of carbonyl (C=O) groups is 2. The number of methoxy groups -OCH3 is 1. The maximum atomic E-state index is 11.7. The predicted molar refractivity (Wildman–Crippen MR) is 77.4 cm³/mol. The van der Waals surface area contributed by atoms with Gasteiger partial charge in [-0.05, 0) is 33.0 Å². The van der Waals surface area contributed by atoms with Gasteiger partial charge in [0.2, 0.25) is 5.91 Å². The number of likely N-dealkylation sites (tertiary alicyclic amines) is 1. The second-order valence-electron chi connectivity index (χ2n) is 5.42. The van der Waals surface area contributed by atoms with E-state index in [-0.39, 0.29) is 5.91 Å². The summed E-state index contributed by atoms with van der Waals surface area (Å²) in [5.41, 5.74) is 0. The number of likely N-dealkylation sites (N-methyl/N-ethyl adjacent to an activating group) is 2. The molecule has 0 aromatic rings. The highest BCUT2D eigenvalue weighted by Gasteiger charge is 2.27. The van der Waals surface area contributed by atoms with E-state index in [1.807, 2.05) is 7.05 Å². The molecule has 1 amide bonds. The predicted octanol–water partition coefficient (Wildman–Crippen LogP) is 0.0802. The largest absolute Gasteiger partial charge is 0.467 e. The summed E-state index contributed by atoms with van der Waals surface area (Å²) >= 11 is 0. The van der Waals surface area contributed by atoms with Gasteiger partial charge in [-0.1, -0.05) is 6.92 Å². The zero-order valence-corrected chi connectivity index (χ0v) is 13.0. The molecule has 20 heavy (non-hydrogen) atoms. The molecule has 0 radical (unpaired) electrons. The number of carbonyl (C=O) groups excluding carboxylic acids is 2. The number of esters is 1. The van der Waals surface area contributed by atoms with Crippen LogP contribution in [0.2, 0.25) is 0 Å². The van der Waals surface area contributed by atoms with Gasteiger partial charge in [-0.25, -0.2) is 4.79 Å². The molecule has 0 aliphatic carbocycles. The Hall–Kier alpha value is -1.14. The molecule has 1 aliphatic rings. The maximum Gasteiger partial charge on any atom is 0.329 e. The van der Waals surface area contributed by atoms with Crippen LogP contribution in [0.3, 0.4) is 0 Å². The molecule has 0 bridgehead atoms. The minimum absolute atomic E-state index is 0.218. The minimum atomic E-state index is -0.598. The summed E-state index contributed by atoms with van der Waals surface area (Å²) in [6, 6.07) is -0.0559. The lowest BCUT2D eigenvalue weighted by atomic mass is 10.2. The molecule has 0 aromatic carbocycles. The normalized spacial score (nSPS) is 20.9. The Kier molecular flexibility index (Phi) is 6.95. The summed E-state index contributed by atoms with van der Waals surface area (Å²) in [7, 11) is 3.32. The third kappa shape index (κ3) is 5.09. The Morgan fingerprint density at radius 2 is 2.20 bits per heavy atom. The molecule has 1 aliphatic heterocycles. The summed E-state index contributed by atoms with van der Waals surface area (Å²) < 4.78 is 4.74. The Morgan fingerprint density at radius 1 is 1.50 bits per heavy atom. The average molecular weight is 285 g/mol. The van der Waals surface area contributed by atoms with Crippen LogP contribution in [-0.4, -0.2) is 74.1 Å². The van der Waals surface area contributed by atoms with Crippen LogP contribution < -0.4 is 5.32 Å². The van der Waals surface area contributed by atoms with Gasteiger partial charge < -0.3 is 15.0 Å². The smallest absolute Gasteiger partial charge is 0.329 e. The van der Waals surface area contributed by atoms with Crippen LogP contribution in [0.4, 0.5) is 0 Å². The summed E-state index contributed by atoms with van der Waals surface area (Å²) in [5.74, 6) is -0.615. The minimum Gasteiger partial charge on any atom is -0.467 e. The van der Waals surface area contributed by atoms with Crippen molar-refractivity contribution in [2.75, 3.05) is 40.3 Å². The number of rotatable bonds is 7. The van der Waals surface area contributed by atoms with Gasteiger partial charge in [0.15, 0.2) is 0 Å². The number of amides is 1. The van der Waals surface area contributed by atoms with Gasteiger partial charge in [0.05, 0.1) is 7.11 Å². The first kappa shape index (κ1) is 16.9. The summed E-state index contributed by atoms with van der Waals surface area (Å²) in [6.07, 6.45) is 2.43. The fourth-order valence-corrected chi connectivity index (χ4v) is 2.83. The van der Waals surface area contributed by atoms with Gasteiger partial charge in [-0.2, -0.15) is 0 Å². The van der Waals surface area contributed by atoms with Gasteiger partial charge in [0.25, 0.3) is 0 Å². The summed E-state index contributed by atoms with van der Waals surface area (Å²) in [6.45, 7) is 7.17. The Balaban J connectivity index is 2.50. The van der Waals surface area contributed by atoms with Gasteiger partial charge in [-0.15, -0.1) is 0 Å². The van der Waals surface area contributed by atoms with Crippen molar-refractivity contribution in [2.45, 2.75) is 38.8 Å². The lowest BCUT2D eigenvalue weighted by Gasteiger charge is -2.29. The van der Waals surface area contributed by atoms with Crippen molar-refractivity contribution in [3.8, 4) is 0 Å². The molecule has 0 aromatic heterocycles. The fraction of sp³-hybridized carbons (Fsp3) is 0.857. The number of nitrogens with zero attached hydrogens (tertiary/aromatic N) is 2. The van der Waals surface area contributed by atoms with Crippen molar-refractivity contribution in [3.05, 3.63) is 0 Å². The fourth-order valence-electron chi connectivity index (χ4n) is 2.83. The van der Waals surface area contributed by atoms with E-state index in [0.717, 1.165) is 19.6 Å². The van der Waals surface area contributed by atoms with Crippen LogP contribution in [-0.2, 0) is 14.3 Å². The van der Waals surface area contributed by atoms with Crippen LogP contribution in [0.25, 0.3) is 0 Å². The number of ether oxygens (including phenoxy) is 1. The molecule has 2 atom stereocenters. The first-order chi connectivity index (χ1) is 9.47. The molecule has 1 saturated heterocycles. The second kappa shape index (κ2) is 8.21. The highest BCUT2D eigenvalue weighted by atomic mass is 16.5. The zero-order chi connectivity index (χ0) is 15.1. The number of nitrogens with one attached hydrogen (secondary N) is 1.